The summed E-state index contributed by atoms with van der Waals surface area (Å²) in [6.07, 6.45) is 16.9. The van der Waals surface area contributed by atoms with E-state index in [4.69, 9.17) is 24.2 Å². The summed E-state index contributed by atoms with van der Waals surface area (Å²) in [5.74, 6) is 1.14. The summed E-state index contributed by atoms with van der Waals surface area (Å²) < 4.78 is 20.5. The van der Waals surface area contributed by atoms with Crippen LogP contribution in [0.3, 0.4) is 0 Å². The third kappa shape index (κ3) is 8.20. The highest BCUT2D eigenvalue weighted by Crippen LogP contribution is 2.63. The molecule has 2 aromatic carbocycles. The van der Waals surface area contributed by atoms with Crippen molar-refractivity contribution in [2.45, 2.75) is 99.4 Å². The summed E-state index contributed by atoms with van der Waals surface area (Å²) in [5.41, 5.74) is 4.36. The Labute approximate surface area is 302 Å². The highest BCUT2D eigenvalue weighted by molar-refractivity contribution is 8.00. The summed E-state index contributed by atoms with van der Waals surface area (Å²) >= 11 is 2.02. The molecule has 50 heavy (non-hydrogen) atoms. The van der Waals surface area contributed by atoms with Crippen molar-refractivity contribution in [1.82, 2.24) is 0 Å². The molecule has 0 saturated heterocycles. The van der Waals surface area contributed by atoms with Crippen molar-refractivity contribution in [3.63, 3.8) is 0 Å². The lowest BCUT2D eigenvalue weighted by Gasteiger charge is -2.58. The number of hydrogen-bond donors (Lipinski definition) is 2. The molecule has 4 aliphatic rings. The average Bonchev–Trinajstić information content (AvgIpc) is 3.66. The van der Waals surface area contributed by atoms with Crippen molar-refractivity contribution in [2.75, 3.05) is 26.4 Å². The number of hydrogen-bond acceptors (Lipinski definition) is 8. The van der Waals surface area contributed by atoms with E-state index >= 15 is 0 Å². The lowest BCUT2D eigenvalue weighted by Crippen LogP contribution is -2.64. The lowest BCUT2D eigenvalue weighted by molar-refractivity contribution is -0.223. The molecule has 0 spiro atoms. The van der Waals surface area contributed by atoms with Crippen LogP contribution in [0, 0.1) is 17.8 Å². The third-order valence-corrected chi connectivity index (χ3v) is 12.6. The molecule has 270 valence electrons. The molecule has 3 aliphatic carbocycles. The Balaban J connectivity index is 1.51. The maximum Gasteiger partial charge on any atom is 0.230 e. The molecular formula is C42H55NO6S. The maximum atomic E-state index is 9.84. The number of allylic oxidation sites excluding steroid dienone is 1. The SMILES string of the molecule is C=CCOc1ccc2c(c1)C1C(CCCCO)C(CCCCO)C=C3C(=NOCc4ccccc4)CC(SC4CCCC4)C(OCC=C)(O2)C31. The van der Waals surface area contributed by atoms with E-state index < -0.39 is 5.79 Å². The summed E-state index contributed by atoms with van der Waals surface area (Å²) in [4.78, 5) is 6.19. The number of thioether (sulfide) groups is 1. The standard InChI is InChI=1S/C42H55NO6S/c1-3-24-46-32-20-21-38-36(27-32)40-34(19-11-13-23-45)31(16-10-12-22-44)26-35-37(43-48-29-30-14-6-5-7-15-30)28-39(50-33-17-8-9-18-33)42(49-38,41(35)40)47-25-4-2/h3-7,14-15,20-21,26-27,31,33-34,39-41,44-45H,1-2,8-13,16-19,22-25,28-29H2. The van der Waals surface area contributed by atoms with E-state index in [1.807, 2.05) is 42.1 Å². The molecule has 2 aromatic rings. The van der Waals surface area contributed by atoms with Gasteiger partial charge in [-0.3, -0.25) is 0 Å². The summed E-state index contributed by atoms with van der Waals surface area (Å²) in [6, 6.07) is 16.4. The zero-order chi connectivity index (χ0) is 34.8. The molecule has 8 heteroatoms. The second-order valence-corrected chi connectivity index (χ2v) is 15.7. The predicted molar refractivity (Wildman–Crippen MR) is 202 cm³/mol. The molecule has 6 rings (SSSR count). The zero-order valence-electron chi connectivity index (χ0n) is 29.4. The first-order valence-electron chi connectivity index (χ1n) is 18.7. The summed E-state index contributed by atoms with van der Waals surface area (Å²) in [7, 11) is 0. The molecule has 2 N–H and O–H groups in total. The first-order valence-corrected chi connectivity index (χ1v) is 19.7. The molecule has 0 radical (unpaired) electrons. The summed E-state index contributed by atoms with van der Waals surface area (Å²) in [5, 5.41) is 25.1. The van der Waals surface area contributed by atoms with Gasteiger partial charge >= 0.3 is 0 Å². The minimum absolute atomic E-state index is 0.0110. The lowest BCUT2D eigenvalue weighted by atomic mass is 9.56. The van der Waals surface area contributed by atoms with E-state index in [1.165, 1.54) is 25.7 Å². The van der Waals surface area contributed by atoms with E-state index in [0.29, 0.717) is 31.5 Å². The minimum Gasteiger partial charge on any atom is -0.490 e. The van der Waals surface area contributed by atoms with Gasteiger partial charge in [0.05, 0.1) is 23.5 Å². The number of ether oxygens (including phenoxy) is 3. The van der Waals surface area contributed by atoms with Gasteiger partial charge < -0.3 is 29.3 Å². The van der Waals surface area contributed by atoms with Crippen molar-refractivity contribution < 1.29 is 29.3 Å². The minimum atomic E-state index is -0.932. The first-order chi connectivity index (χ1) is 24.6. The number of unbranched alkanes of at least 4 members (excludes halogenated alkanes) is 2. The molecular weight excluding hydrogens is 647 g/mol. The van der Waals surface area contributed by atoms with Crippen molar-refractivity contribution in [3.05, 3.63) is 96.6 Å². The monoisotopic (exact) mass is 701 g/mol. The third-order valence-electron chi connectivity index (χ3n) is 10.9. The van der Waals surface area contributed by atoms with Crippen molar-refractivity contribution in [1.29, 1.82) is 0 Å². The number of fused-ring (bicyclic) bond motifs is 2. The topological polar surface area (TPSA) is 89.7 Å². The van der Waals surface area contributed by atoms with Gasteiger partial charge in [0, 0.05) is 36.4 Å². The van der Waals surface area contributed by atoms with E-state index in [9.17, 15) is 10.2 Å². The number of oxime groups is 1. The fraction of sp³-hybridized carbons (Fsp3) is 0.548. The van der Waals surface area contributed by atoms with E-state index in [-0.39, 0.29) is 42.1 Å². The van der Waals surface area contributed by atoms with Crippen molar-refractivity contribution in [3.8, 4) is 11.5 Å². The van der Waals surface area contributed by atoms with Crippen LogP contribution in [0.5, 0.6) is 11.5 Å². The van der Waals surface area contributed by atoms with Gasteiger partial charge in [0.15, 0.2) is 0 Å². The molecule has 1 aliphatic heterocycles. The Morgan fingerprint density at radius 3 is 2.44 bits per heavy atom. The summed E-state index contributed by atoms with van der Waals surface area (Å²) in [6.45, 7) is 9.47. The van der Waals surface area contributed by atoms with Crippen LogP contribution in [0.25, 0.3) is 0 Å². The molecule has 2 fully saturated rings. The molecule has 7 nitrogen and oxygen atoms in total. The largest absolute Gasteiger partial charge is 0.490 e. The second kappa shape index (κ2) is 17.9. The van der Waals surface area contributed by atoms with Crippen LogP contribution in [0.2, 0.25) is 0 Å². The van der Waals surface area contributed by atoms with Crippen LogP contribution >= 0.6 is 11.8 Å². The Bertz CT molecular complexity index is 1470. The average molecular weight is 702 g/mol. The van der Waals surface area contributed by atoms with E-state index in [0.717, 1.165) is 72.4 Å². The van der Waals surface area contributed by atoms with Crippen LogP contribution in [0.4, 0.5) is 0 Å². The number of rotatable bonds is 19. The fourth-order valence-corrected chi connectivity index (χ4v) is 10.5. The van der Waals surface area contributed by atoms with Crippen LogP contribution in [-0.4, -0.2) is 58.6 Å². The first kappa shape index (κ1) is 36.7. The number of nitrogens with zero attached hydrogens (tertiary/aromatic N) is 1. The molecule has 0 aromatic heterocycles. The predicted octanol–water partition coefficient (Wildman–Crippen LogP) is 8.76. The number of benzene rings is 2. The van der Waals surface area contributed by atoms with Crippen LogP contribution in [0.1, 0.15) is 87.7 Å². The highest BCUT2D eigenvalue weighted by atomic mass is 32.2. The van der Waals surface area contributed by atoms with Gasteiger partial charge in [-0.05, 0) is 79.7 Å². The van der Waals surface area contributed by atoms with Crippen LogP contribution in [-0.2, 0) is 16.2 Å². The number of aliphatic hydroxyl groups excluding tert-OH is 2. The Morgan fingerprint density at radius 2 is 1.70 bits per heavy atom. The van der Waals surface area contributed by atoms with Crippen molar-refractivity contribution in [2.24, 2.45) is 22.9 Å². The van der Waals surface area contributed by atoms with E-state index in [1.54, 1.807) is 6.08 Å². The van der Waals surface area contributed by atoms with Gasteiger partial charge in [-0.15, -0.1) is 18.3 Å². The van der Waals surface area contributed by atoms with Gasteiger partial charge in [0.2, 0.25) is 5.79 Å². The Kier molecular flexibility index (Phi) is 13.2. The van der Waals surface area contributed by atoms with Gasteiger partial charge in [-0.1, -0.05) is 86.0 Å². The van der Waals surface area contributed by atoms with Crippen molar-refractivity contribution >= 4 is 17.5 Å². The van der Waals surface area contributed by atoms with Gasteiger partial charge in [-0.25, -0.2) is 0 Å². The van der Waals surface area contributed by atoms with Gasteiger partial charge in [0.25, 0.3) is 0 Å². The maximum absolute atomic E-state index is 9.84. The normalized spacial score (nSPS) is 27.9. The quantitative estimate of drug-likeness (QED) is 0.0860. The molecule has 0 bridgehead atoms. The Morgan fingerprint density at radius 1 is 0.940 bits per heavy atom. The van der Waals surface area contributed by atoms with Gasteiger partial charge in [0.1, 0.15) is 24.7 Å². The molecule has 1 heterocycles. The highest BCUT2D eigenvalue weighted by Gasteiger charge is 2.64. The molecule has 6 atom stereocenters. The molecule has 2 saturated carbocycles. The van der Waals surface area contributed by atoms with Crippen LogP contribution in [0.15, 0.2) is 90.6 Å². The van der Waals surface area contributed by atoms with E-state index in [2.05, 4.69) is 43.5 Å². The van der Waals surface area contributed by atoms with Crippen LogP contribution < -0.4 is 9.47 Å². The Hall–Kier alpha value is -3.04. The zero-order valence-corrected chi connectivity index (χ0v) is 30.2. The molecule has 6 unspecified atom stereocenters. The van der Waals surface area contributed by atoms with Gasteiger partial charge in [-0.2, -0.15) is 0 Å². The smallest absolute Gasteiger partial charge is 0.230 e. The molecule has 0 amide bonds. The number of aliphatic hydroxyl groups is 2. The second-order valence-electron chi connectivity index (χ2n) is 14.1. The fourth-order valence-electron chi connectivity index (χ4n) is 8.70.